The van der Waals surface area contributed by atoms with Gasteiger partial charge < -0.3 is 10.1 Å². The average molecular weight is 589 g/mol. The Morgan fingerprint density at radius 1 is 1.00 bits per heavy atom. The minimum Gasteiger partial charge on any atom is -0.462 e. The van der Waals surface area contributed by atoms with E-state index in [0.29, 0.717) is 26.6 Å². The minimum absolute atomic E-state index is 0.0490. The van der Waals surface area contributed by atoms with Gasteiger partial charge in [-0.2, -0.15) is 0 Å². The van der Waals surface area contributed by atoms with Crippen LogP contribution in [0.3, 0.4) is 0 Å². The monoisotopic (exact) mass is 588 g/mol. The van der Waals surface area contributed by atoms with Gasteiger partial charge in [-0.1, -0.05) is 83.5 Å². The highest BCUT2D eigenvalue weighted by atomic mass is 35.5. The Balaban J connectivity index is 1.41. The van der Waals surface area contributed by atoms with Crippen molar-refractivity contribution in [2.45, 2.75) is 19.0 Å². The summed E-state index contributed by atoms with van der Waals surface area (Å²) in [4.78, 5) is 26.0. The highest BCUT2D eigenvalue weighted by Crippen LogP contribution is 2.36. The molecular weight excluding hydrogens is 564 g/mol. The normalized spacial score (nSPS) is 10.9. The van der Waals surface area contributed by atoms with Crippen molar-refractivity contribution in [2.75, 3.05) is 17.7 Å². The van der Waals surface area contributed by atoms with Crippen molar-refractivity contribution in [1.82, 2.24) is 14.8 Å². The first-order valence-electron chi connectivity index (χ1n) is 12.5. The zero-order chi connectivity index (χ0) is 28.1. The first-order valence-corrected chi connectivity index (χ1v) is 14.7. The summed E-state index contributed by atoms with van der Waals surface area (Å²) in [7, 11) is 0. The second-order valence-corrected chi connectivity index (χ2v) is 11.0. The first-order chi connectivity index (χ1) is 19.4. The lowest BCUT2D eigenvalue weighted by Gasteiger charge is -2.11. The number of hydrogen-bond acceptors (Lipinski definition) is 7. The Bertz CT molecular complexity index is 1670. The summed E-state index contributed by atoms with van der Waals surface area (Å²) in [5.41, 5.74) is 4.71. The molecular formula is C30H25ClN4O3S2. The van der Waals surface area contributed by atoms with Crippen molar-refractivity contribution >= 4 is 51.6 Å². The molecule has 7 nitrogen and oxygen atoms in total. The van der Waals surface area contributed by atoms with E-state index in [1.165, 1.54) is 23.1 Å². The van der Waals surface area contributed by atoms with Gasteiger partial charge in [-0.3, -0.25) is 9.36 Å². The number of thiophene rings is 1. The molecule has 0 aliphatic carbocycles. The Hall–Kier alpha value is -3.92. The van der Waals surface area contributed by atoms with Gasteiger partial charge in [0.25, 0.3) is 0 Å². The molecule has 0 unspecified atom stereocenters. The number of aryl methyl sites for hydroxylation is 1. The highest BCUT2D eigenvalue weighted by Gasteiger charge is 2.23. The lowest BCUT2D eigenvalue weighted by molar-refractivity contribution is -0.113. The summed E-state index contributed by atoms with van der Waals surface area (Å²) in [6, 6.07) is 24.9. The van der Waals surface area contributed by atoms with Gasteiger partial charge in [-0.25, -0.2) is 4.79 Å². The molecule has 0 aliphatic rings. The van der Waals surface area contributed by atoms with Crippen LogP contribution in [0, 0.1) is 6.92 Å². The van der Waals surface area contributed by atoms with Crippen LogP contribution in [0.4, 0.5) is 5.00 Å². The molecule has 40 heavy (non-hydrogen) atoms. The Morgan fingerprint density at radius 3 is 2.52 bits per heavy atom. The van der Waals surface area contributed by atoms with Gasteiger partial charge in [0, 0.05) is 21.5 Å². The third-order valence-corrected chi connectivity index (χ3v) is 7.98. The molecule has 202 valence electrons. The summed E-state index contributed by atoms with van der Waals surface area (Å²) in [6.07, 6.45) is 0. The molecule has 2 heterocycles. The van der Waals surface area contributed by atoms with Gasteiger partial charge >= 0.3 is 5.97 Å². The second kappa shape index (κ2) is 12.5. The van der Waals surface area contributed by atoms with Crippen LogP contribution < -0.4 is 5.32 Å². The molecule has 10 heteroatoms. The summed E-state index contributed by atoms with van der Waals surface area (Å²) in [5.74, 6) is -0.0686. The molecule has 0 atom stereocenters. The second-order valence-electron chi connectivity index (χ2n) is 8.77. The summed E-state index contributed by atoms with van der Waals surface area (Å²) in [5, 5.41) is 15.2. The fourth-order valence-corrected chi connectivity index (χ4v) is 6.07. The third-order valence-electron chi connectivity index (χ3n) is 5.92. The molecule has 0 saturated heterocycles. The number of anilines is 1. The number of amides is 1. The molecule has 0 bridgehead atoms. The maximum absolute atomic E-state index is 13.1. The molecule has 0 spiro atoms. The number of halogens is 1. The molecule has 0 fully saturated rings. The van der Waals surface area contributed by atoms with Crippen molar-refractivity contribution in [3.8, 4) is 28.2 Å². The van der Waals surface area contributed by atoms with Crippen LogP contribution in [0.15, 0.2) is 89.4 Å². The fourth-order valence-electron chi connectivity index (χ4n) is 4.16. The number of nitrogens with zero attached hydrogens (tertiary/aromatic N) is 3. The number of carbonyl (C=O) groups excluding carboxylic acids is 2. The van der Waals surface area contributed by atoms with Gasteiger partial charge in [-0.05, 0) is 43.7 Å². The van der Waals surface area contributed by atoms with Gasteiger partial charge in [-0.15, -0.1) is 21.5 Å². The number of hydrogen-bond donors (Lipinski definition) is 1. The van der Waals surface area contributed by atoms with Crippen LogP contribution in [0.2, 0.25) is 5.02 Å². The SMILES string of the molecule is CCOC(=O)c1c(-c2ccccc2)csc1NC(=O)CSc1nnc(-c2cccc(C)c2)n1-c1cccc(Cl)c1. The van der Waals surface area contributed by atoms with Crippen LogP contribution in [0.5, 0.6) is 0 Å². The van der Waals surface area contributed by atoms with Gasteiger partial charge in [0.1, 0.15) is 10.6 Å². The zero-order valence-electron chi connectivity index (χ0n) is 21.8. The Kier molecular flexibility index (Phi) is 8.64. The van der Waals surface area contributed by atoms with Gasteiger partial charge in [0.15, 0.2) is 11.0 Å². The predicted molar refractivity (Wildman–Crippen MR) is 162 cm³/mol. The number of esters is 1. The molecule has 1 N–H and O–H groups in total. The van der Waals surface area contributed by atoms with Crippen molar-refractivity contribution < 1.29 is 14.3 Å². The van der Waals surface area contributed by atoms with E-state index in [9.17, 15) is 9.59 Å². The van der Waals surface area contributed by atoms with Crippen molar-refractivity contribution in [1.29, 1.82) is 0 Å². The number of thioether (sulfide) groups is 1. The maximum Gasteiger partial charge on any atom is 0.341 e. The first kappa shape index (κ1) is 27.6. The lowest BCUT2D eigenvalue weighted by atomic mass is 10.0. The number of nitrogens with one attached hydrogen (secondary N) is 1. The van der Waals surface area contributed by atoms with E-state index in [1.807, 2.05) is 89.7 Å². The van der Waals surface area contributed by atoms with Gasteiger partial charge in [0.2, 0.25) is 5.91 Å². The average Bonchev–Trinajstić information content (AvgIpc) is 3.57. The minimum atomic E-state index is -0.478. The molecule has 5 aromatic rings. The fraction of sp³-hybridized carbons (Fsp3) is 0.133. The predicted octanol–water partition coefficient (Wildman–Crippen LogP) is 7.53. The number of aromatic nitrogens is 3. The van der Waals surface area contributed by atoms with E-state index in [4.69, 9.17) is 16.3 Å². The molecule has 1 amide bonds. The summed E-state index contributed by atoms with van der Waals surface area (Å²) < 4.78 is 7.20. The zero-order valence-corrected chi connectivity index (χ0v) is 24.1. The van der Waals surface area contributed by atoms with Crippen molar-refractivity contribution in [2.24, 2.45) is 0 Å². The number of rotatable bonds is 9. The largest absolute Gasteiger partial charge is 0.462 e. The highest BCUT2D eigenvalue weighted by molar-refractivity contribution is 7.99. The van der Waals surface area contributed by atoms with Gasteiger partial charge in [0.05, 0.1) is 18.0 Å². The summed E-state index contributed by atoms with van der Waals surface area (Å²) >= 11 is 8.84. The van der Waals surface area contributed by atoms with Crippen LogP contribution >= 0.6 is 34.7 Å². The third kappa shape index (κ3) is 6.12. The quantitative estimate of drug-likeness (QED) is 0.141. The maximum atomic E-state index is 13.1. The van der Waals surface area contributed by atoms with Crippen LogP contribution in [0.25, 0.3) is 28.2 Å². The Labute approximate surface area is 245 Å². The van der Waals surface area contributed by atoms with E-state index in [2.05, 4.69) is 15.5 Å². The van der Waals surface area contributed by atoms with E-state index < -0.39 is 5.97 Å². The van der Waals surface area contributed by atoms with E-state index in [0.717, 1.165) is 27.9 Å². The molecule has 0 radical (unpaired) electrons. The standard InChI is InChI=1S/C30H25ClN4O3S2/c1-3-38-29(37)26-24(20-10-5-4-6-11-20)17-39-28(26)32-25(36)18-40-30-34-33-27(21-12-7-9-19(2)15-21)35(30)23-14-8-13-22(31)16-23/h4-17H,3,18H2,1-2H3,(H,32,36). The van der Waals surface area contributed by atoms with Crippen LogP contribution in [-0.4, -0.2) is 39.0 Å². The Morgan fingerprint density at radius 2 is 1.77 bits per heavy atom. The topological polar surface area (TPSA) is 86.1 Å². The van der Waals surface area contributed by atoms with E-state index in [-0.39, 0.29) is 18.3 Å². The van der Waals surface area contributed by atoms with Crippen molar-refractivity contribution in [3.05, 3.63) is 100 Å². The summed E-state index contributed by atoms with van der Waals surface area (Å²) in [6.45, 7) is 4.00. The molecule has 2 aromatic heterocycles. The lowest BCUT2D eigenvalue weighted by Crippen LogP contribution is -2.16. The molecule has 5 rings (SSSR count). The van der Waals surface area contributed by atoms with E-state index >= 15 is 0 Å². The molecule has 3 aromatic carbocycles. The van der Waals surface area contributed by atoms with E-state index in [1.54, 1.807) is 13.0 Å². The van der Waals surface area contributed by atoms with Crippen molar-refractivity contribution in [3.63, 3.8) is 0 Å². The smallest absolute Gasteiger partial charge is 0.341 e. The molecule has 0 saturated carbocycles. The number of ether oxygens (including phenoxy) is 1. The molecule has 0 aliphatic heterocycles. The number of benzene rings is 3. The van der Waals surface area contributed by atoms with Crippen LogP contribution in [-0.2, 0) is 9.53 Å². The number of carbonyl (C=O) groups is 2. The van der Waals surface area contributed by atoms with Crippen LogP contribution in [0.1, 0.15) is 22.8 Å².